The van der Waals surface area contributed by atoms with E-state index in [1.165, 1.54) is 6.07 Å². The number of hydrogen-bond acceptors (Lipinski definition) is 3. The van der Waals surface area contributed by atoms with E-state index in [1.54, 1.807) is 12.1 Å². The van der Waals surface area contributed by atoms with Crippen molar-refractivity contribution in [1.29, 1.82) is 0 Å². The van der Waals surface area contributed by atoms with Crippen LogP contribution in [0.3, 0.4) is 0 Å². The summed E-state index contributed by atoms with van der Waals surface area (Å²) < 4.78 is 24.0. The van der Waals surface area contributed by atoms with Gasteiger partial charge in [0.1, 0.15) is 6.61 Å². The van der Waals surface area contributed by atoms with Gasteiger partial charge in [-0.2, -0.15) is 0 Å². The first-order chi connectivity index (χ1) is 8.77. The molecule has 1 heterocycles. The minimum atomic E-state index is -0.423. The zero-order valence-electron chi connectivity index (χ0n) is 10.1. The number of nitrogens with one attached hydrogen (secondary N) is 1. The lowest BCUT2D eigenvalue weighted by molar-refractivity contribution is 0.0770. The van der Waals surface area contributed by atoms with Gasteiger partial charge in [0, 0.05) is 25.8 Å². The summed E-state index contributed by atoms with van der Waals surface area (Å²) in [4.78, 5) is 0. The van der Waals surface area contributed by atoms with Crippen LogP contribution < -0.4 is 10.1 Å². The van der Waals surface area contributed by atoms with E-state index in [1.807, 2.05) is 0 Å². The molecule has 0 bridgehead atoms. The molecule has 0 aromatic heterocycles. The van der Waals surface area contributed by atoms with E-state index in [0.717, 1.165) is 26.1 Å². The van der Waals surface area contributed by atoms with Gasteiger partial charge in [0.15, 0.2) is 11.6 Å². The highest BCUT2D eigenvalue weighted by Gasteiger charge is 2.13. The summed E-state index contributed by atoms with van der Waals surface area (Å²) in [6, 6.07) is 4.99. The molecule has 0 spiro atoms. The Kier molecular flexibility index (Phi) is 5.23. The third-order valence-corrected chi connectivity index (χ3v) is 3.22. The standard InChI is InChI=1S/C13H17ClFNO2/c14-11-2-1-3-12(15)13(11)18-9-6-16-10-4-7-17-8-5-10/h1-3,10,16H,4-9H2. The molecule has 1 fully saturated rings. The molecule has 0 atom stereocenters. The van der Waals surface area contributed by atoms with E-state index in [2.05, 4.69) is 5.32 Å². The molecule has 0 amide bonds. The van der Waals surface area contributed by atoms with E-state index in [4.69, 9.17) is 21.1 Å². The minimum absolute atomic E-state index is 0.132. The second kappa shape index (κ2) is 6.92. The van der Waals surface area contributed by atoms with E-state index < -0.39 is 5.82 Å². The topological polar surface area (TPSA) is 30.5 Å². The van der Waals surface area contributed by atoms with Crippen LogP contribution in [0.5, 0.6) is 5.75 Å². The summed E-state index contributed by atoms with van der Waals surface area (Å²) in [7, 11) is 0. The Hall–Kier alpha value is -0.840. The molecule has 100 valence electrons. The molecule has 0 saturated carbocycles. The van der Waals surface area contributed by atoms with Gasteiger partial charge in [-0.05, 0) is 25.0 Å². The average Bonchev–Trinajstić information content (AvgIpc) is 2.38. The molecule has 1 aliphatic rings. The fourth-order valence-electron chi connectivity index (χ4n) is 1.94. The monoisotopic (exact) mass is 273 g/mol. The maximum Gasteiger partial charge on any atom is 0.173 e. The van der Waals surface area contributed by atoms with Crippen molar-refractivity contribution < 1.29 is 13.9 Å². The van der Waals surface area contributed by atoms with Crippen LogP contribution in [0.4, 0.5) is 4.39 Å². The third-order valence-electron chi connectivity index (χ3n) is 2.92. The largest absolute Gasteiger partial charge is 0.488 e. The zero-order chi connectivity index (χ0) is 12.8. The SMILES string of the molecule is Fc1cccc(Cl)c1OCCNC1CCOCC1. The van der Waals surface area contributed by atoms with Gasteiger partial charge in [-0.25, -0.2) is 4.39 Å². The lowest BCUT2D eigenvalue weighted by Crippen LogP contribution is -2.37. The summed E-state index contributed by atoms with van der Waals surface area (Å²) in [5.74, 6) is -0.290. The zero-order valence-corrected chi connectivity index (χ0v) is 10.9. The summed E-state index contributed by atoms with van der Waals surface area (Å²) in [6.07, 6.45) is 2.03. The average molecular weight is 274 g/mol. The lowest BCUT2D eigenvalue weighted by Gasteiger charge is -2.23. The Morgan fingerprint density at radius 3 is 2.89 bits per heavy atom. The second-order valence-corrected chi connectivity index (χ2v) is 4.65. The molecule has 5 heteroatoms. The van der Waals surface area contributed by atoms with Crippen LogP contribution >= 0.6 is 11.6 Å². The Labute approximate surface area is 111 Å². The van der Waals surface area contributed by atoms with Crippen molar-refractivity contribution in [2.45, 2.75) is 18.9 Å². The van der Waals surface area contributed by atoms with E-state index in [9.17, 15) is 4.39 Å². The Morgan fingerprint density at radius 2 is 2.17 bits per heavy atom. The summed E-state index contributed by atoms with van der Waals surface area (Å²) >= 11 is 5.86. The normalized spacial score (nSPS) is 16.8. The van der Waals surface area contributed by atoms with Gasteiger partial charge in [0.25, 0.3) is 0 Å². The predicted molar refractivity (Wildman–Crippen MR) is 68.7 cm³/mol. The van der Waals surface area contributed by atoms with Crippen molar-refractivity contribution in [3.63, 3.8) is 0 Å². The number of ether oxygens (including phenoxy) is 2. The van der Waals surface area contributed by atoms with Crippen molar-refractivity contribution in [1.82, 2.24) is 5.32 Å². The van der Waals surface area contributed by atoms with E-state index in [-0.39, 0.29) is 5.75 Å². The molecule has 1 saturated heterocycles. The summed E-state index contributed by atoms with van der Waals surface area (Å²) in [6.45, 7) is 2.68. The third kappa shape index (κ3) is 3.83. The van der Waals surface area contributed by atoms with Gasteiger partial charge in [0.2, 0.25) is 0 Å². The fourth-order valence-corrected chi connectivity index (χ4v) is 2.16. The maximum absolute atomic E-state index is 13.4. The fraction of sp³-hybridized carbons (Fsp3) is 0.538. The van der Waals surface area contributed by atoms with E-state index in [0.29, 0.717) is 24.2 Å². The first kappa shape index (κ1) is 13.6. The number of benzene rings is 1. The van der Waals surface area contributed by atoms with Crippen molar-refractivity contribution >= 4 is 11.6 Å². The van der Waals surface area contributed by atoms with Crippen molar-refractivity contribution in [2.75, 3.05) is 26.4 Å². The highest BCUT2D eigenvalue weighted by Crippen LogP contribution is 2.26. The summed E-state index contributed by atoms with van der Waals surface area (Å²) in [5, 5.41) is 3.67. The molecular formula is C13H17ClFNO2. The highest BCUT2D eigenvalue weighted by atomic mass is 35.5. The van der Waals surface area contributed by atoms with Crippen LogP contribution in [0.15, 0.2) is 18.2 Å². The van der Waals surface area contributed by atoms with E-state index >= 15 is 0 Å². The molecule has 1 aromatic carbocycles. The molecule has 0 unspecified atom stereocenters. The van der Waals surface area contributed by atoms with Crippen LogP contribution in [0, 0.1) is 5.82 Å². The highest BCUT2D eigenvalue weighted by molar-refractivity contribution is 6.32. The van der Waals surface area contributed by atoms with Crippen molar-refractivity contribution in [3.05, 3.63) is 29.0 Å². The Morgan fingerprint density at radius 1 is 1.39 bits per heavy atom. The number of para-hydroxylation sites is 1. The number of halogens is 2. The molecule has 18 heavy (non-hydrogen) atoms. The maximum atomic E-state index is 13.4. The molecule has 1 aliphatic heterocycles. The first-order valence-electron chi connectivity index (χ1n) is 6.15. The van der Waals surface area contributed by atoms with Gasteiger partial charge < -0.3 is 14.8 Å². The van der Waals surface area contributed by atoms with Crippen LogP contribution in [-0.4, -0.2) is 32.4 Å². The smallest absolute Gasteiger partial charge is 0.173 e. The first-order valence-corrected chi connectivity index (χ1v) is 6.53. The number of hydrogen-bond donors (Lipinski definition) is 1. The second-order valence-electron chi connectivity index (χ2n) is 4.24. The lowest BCUT2D eigenvalue weighted by atomic mass is 10.1. The minimum Gasteiger partial charge on any atom is -0.488 e. The van der Waals surface area contributed by atoms with Crippen LogP contribution in [-0.2, 0) is 4.74 Å². The van der Waals surface area contributed by atoms with Gasteiger partial charge >= 0.3 is 0 Å². The molecule has 0 radical (unpaired) electrons. The molecule has 3 nitrogen and oxygen atoms in total. The van der Waals surface area contributed by atoms with Crippen LogP contribution in [0.25, 0.3) is 0 Å². The quantitative estimate of drug-likeness (QED) is 0.837. The summed E-state index contributed by atoms with van der Waals surface area (Å²) in [5.41, 5.74) is 0. The molecule has 1 aromatic rings. The Bertz CT molecular complexity index is 363. The van der Waals surface area contributed by atoms with Crippen LogP contribution in [0.1, 0.15) is 12.8 Å². The van der Waals surface area contributed by atoms with Gasteiger partial charge in [-0.1, -0.05) is 17.7 Å². The van der Waals surface area contributed by atoms with Crippen molar-refractivity contribution in [3.8, 4) is 5.75 Å². The van der Waals surface area contributed by atoms with Gasteiger partial charge in [-0.3, -0.25) is 0 Å². The molecular weight excluding hydrogens is 257 g/mol. The number of rotatable bonds is 5. The predicted octanol–water partition coefficient (Wildman–Crippen LogP) is 2.63. The van der Waals surface area contributed by atoms with Crippen molar-refractivity contribution in [2.24, 2.45) is 0 Å². The Balaban J connectivity index is 1.71. The van der Waals surface area contributed by atoms with Gasteiger partial charge in [-0.15, -0.1) is 0 Å². The molecule has 1 N–H and O–H groups in total. The van der Waals surface area contributed by atoms with Crippen LogP contribution in [0.2, 0.25) is 5.02 Å². The molecule has 2 rings (SSSR count). The molecule has 0 aliphatic carbocycles. The van der Waals surface area contributed by atoms with Gasteiger partial charge in [0.05, 0.1) is 5.02 Å².